The number of carbonyl (C=O) groups is 1. The molecule has 0 saturated carbocycles. The molecule has 2 atom stereocenters. The summed E-state index contributed by atoms with van der Waals surface area (Å²) in [4.78, 5) is 12.9. The van der Waals surface area contributed by atoms with E-state index >= 15 is 0 Å². The fraction of sp³-hybridized carbons (Fsp3) is 0.444. The van der Waals surface area contributed by atoms with Crippen molar-refractivity contribution in [1.29, 1.82) is 0 Å². The predicted octanol–water partition coefficient (Wildman–Crippen LogP) is 2.54. The minimum absolute atomic E-state index is 0.0797. The van der Waals surface area contributed by atoms with Crippen LogP contribution in [0, 0.1) is 5.92 Å². The summed E-state index contributed by atoms with van der Waals surface area (Å²) in [6, 6.07) is 8.07. The lowest BCUT2D eigenvalue weighted by Gasteiger charge is -2.29. The van der Waals surface area contributed by atoms with E-state index in [-0.39, 0.29) is 17.7 Å². The Hall–Kier alpha value is -1.66. The van der Waals surface area contributed by atoms with Crippen LogP contribution in [-0.2, 0) is 17.4 Å². The van der Waals surface area contributed by atoms with Crippen LogP contribution in [0.25, 0.3) is 0 Å². The molecule has 1 aromatic heterocycles. The van der Waals surface area contributed by atoms with Gasteiger partial charge in [-0.2, -0.15) is 5.10 Å². The Labute approximate surface area is 151 Å². The van der Waals surface area contributed by atoms with Gasteiger partial charge in [-0.1, -0.05) is 28.1 Å². The van der Waals surface area contributed by atoms with E-state index in [0.717, 1.165) is 22.1 Å². The molecule has 0 radical (unpaired) electrons. The van der Waals surface area contributed by atoms with E-state index < -0.39 is 5.54 Å². The molecule has 1 amide bonds. The normalized spacial score (nSPS) is 21.0. The molecule has 128 valence electrons. The summed E-state index contributed by atoms with van der Waals surface area (Å²) in [5, 5.41) is 10.8. The standard InChI is InChI=1S/C18H23BrN4O/c1-18(2,13-4-6-14(19)7-5-13)22-17(24)16-10-20-9-15(16)12-8-21-23(3)11-12/h4-8,11,15-16,20H,9-10H2,1-3H3,(H,22,24)/t15-,16+/m1/s1. The quantitative estimate of drug-likeness (QED) is 0.842. The van der Waals surface area contributed by atoms with Gasteiger partial charge in [-0.3, -0.25) is 9.48 Å². The summed E-state index contributed by atoms with van der Waals surface area (Å²) in [5.41, 5.74) is 1.78. The SMILES string of the molecule is Cn1cc([C@H]2CNC[C@@H]2C(=O)NC(C)(C)c2ccc(Br)cc2)cn1. The Balaban J connectivity index is 1.74. The fourth-order valence-electron chi connectivity index (χ4n) is 3.28. The molecule has 0 spiro atoms. The van der Waals surface area contributed by atoms with E-state index in [1.54, 1.807) is 4.68 Å². The number of rotatable bonds is 4. The Kier molecular flexibility index (Phi) is 4.78. The van der Waals surface area contributed by atoms with Crippen LogP contribution in [0.2, 0.25) is 0 Å². The van der Waals surface area contributed by atoms with Crippen LogP contribution in [0.3, 0.4) is 0 Å². The van der Waals surface area contributed by atoms with Crippen molar-refractivity contribution in [2.75, 3.05) is 13.1 Å². The molecule has 0 unspecified atom stereocenters. The summed E-state index contributed by atoms with van der Waals surface area (Å²) in [5.74, 6) is 0.171. The number of halogens is 1. The van der Waals surface area contributed by atoms with Gasteiger partial charge in [0, 0.05) is 36.7 Å². The van der Waals surface area contributed by atoms with E-state index in [9.17, 15) is 4.79 Å². The molecule has 6 heteroatoms. The number of amides is 1. The van der Waals surface area contributed by atoms with Gasteiger partial charge in [0.15, 0.2) is 0 Å². The molecule has 0 aliphatic carbocycles. The van der Waals surface area contributed by atoms with E-state index in [1.807, 2.05) is 57.6 Å². The number of nitrogens with one attached hydrogen (secondary N) is 2. The van der Waals surface area contributed by atoms with Crippen molar-refractivity contribution in [3.8, 4) is 0 Å². The zero-order valence-corrected chi connectivity index (χ0v) is 15.8. The van der Waals surface area contributed by atoms with E-state index in [2.05, 4.69) is 31.7 Å². The Morgan fingerprint density at radius 2 is 2.04 bits per heavy atom. The number of hydrogen-bond donors (Lipinski definition) is 2. The monoisotopic (exact) mass is 390 g/mol. The molecule has 1 aliphatic rings. The predicted molar refractivity (Wildman–Crippen MR) is 97.6 cm³/mol. The average molecular weight is 391 g/mol. The van der Waals surface area contributed by atoms with Gasteiger partial charge in [-0.05, 0) is 37.1 Å². The fourth-order valence-corrected chi connectivity index (χ4v) is 3.54. The Morgan fingerprint density at radius 3 is 2.67 bits per heavy atom. The molecule has 2 aromatic rings. The van der Waals surface area contributed by atoms with Crippen LogP contribution in [0.5, 0.6) is 0 Å². The summed E-state index contributed by atoms with van der Waals surface area (Å²) in [6.07, 6.45) is 3.86. The molecule has 0 bridgehead atoms. The number of aryl methyl sites for hydroxylation is 1. The van der Waals surface area contributed by atoms with Crippen LogP contribution in [0.4, 0.5) is 0 Å². The molecule has 2 heterocycles. The molecular formula is C18H23BrN4O. The van der Waals surface area contributed by atoms with Gasteiger partial charge < -0.3 is 10.6 Å². The number of benzene rings is 1. The van der Waals surface area contributed by atoms with Crippen molar-refractivity contribution in [3.63, 3.8) is 0 Å². The molecule has 5 nitrogen and oxygen atoms in total. The first-order chi connectivity index (χ1) is 11.4. The second kappa shape index (κ2) is 6.69. The van der Waals surface area contributed by atoms with Gasteiger partial charge in [0.25, 0.3) is 0 Å². The lowest BCUT2D eigenvalue weighted by Crippen LogP contribution is -2.45. The Bertz CT molecular complexity index is 723. The van der Waals surface area contributed by atoms with Crippen molar-refractivity contribution < 1.29 is 4.79 Å². The van der Waals surface area contributed by atoms with Crippen LogP contribution >= 0.6 is 15.9 Å². The highest BCUT2D eigenvalue weighted by molar-refractivity contribution is 9.10. The van der Waals surface area contributed by atoms with Gasteiger partial charge in [-0.15, -0.1) is 0 Å². The molecular weight excluding hydrogens is 368 g/mol. The molecule has 1 fully saturated rings. The van der Waals surface area contributed by atoms with Gasteiger partial charge >= 0.3 is 0 Å². The van der Waals surface area contributed by atoms with Crippen molar-refractivity contribution >= 4 is 21.8 Å². The minimum atomic E-state index is -0.417. The summed E-state index contributed by atoms with van der Waals surface area (Å²) in [6.45, 7) is 5.58. The highest BCUT2D eigenvalue weighted by Gasteiger charge is 2.37. The summed E-state index contributed by atoms with van der Waals surface area (Å²) >= 11 is 3.45. The van der Waals surface area contributed by atoms with Crippen LogP contribution in [0.1, 0.15) is 30.9 Å². The number of nitrogens with zero attached hydrogens (tertiary/aromatic N) is 2. The van der Waals surface area contributed by atoms with Gasteiger partial charge in [-0.25, -0.2) is 0 Å². The third-order valence-corrected chi connectivity index (χ3v) is 5.23. The minimum Gasteiger partial charge on any atom is -0.347 e. The van der Waals surface area contributed by atoms with Gasteiger partial charge in [0.2, 0.25) is 5.91 Å². The molecule has 1 saturated heterocycles. The highest BCUT2D eigenvalue weighted by atomic mass is 79.9. The lowest BCUT2D eigenvalue weighted by molar-refractivity contribution is -0.126. The largest absolute Gasteiger partial charge is 0.347 e. The molecule has 1 aliphatic heterocycles. The third kappa shape index (κ3) is 3.54. The van der Waals surface area contributed by atoms with E-state index in [4.69, 9.17) is 0 Å². The summed E-state index contributed by atoms with van der Waals surface area (Å²) in [7, 11) is 1.90. The zero-order chi connectivity index (χ0) is 17.3. The Morgan fingerprint density at radius 1 is 1.33 bits per heavy atom. The van der Waals surface area contributed by atoms with Gasteiger partial charge in [0.05, 0.1) is 17.7 Å². The average Bonchev–Trinajstić information content (AvgIpc) is 3.15. The number of hydrogen-bond acceptors (Lipinski definition) is 3. The zero-order valence-electron chi connectivity index (χ0n) is 14.2. The lowest BCUT2D eigenvalue weighted by atomic mass is 9.88. The first-order valence-corrected chi connectivity index (χ1v) is 8.93. The van der Waals surface area contributed by atoms with Crippen LogP contribution in [0.15, 0.2) is 41.1 Å². The molecule has 24 heavy (non-hydrogen) atoms. The smallest absolute Gasteiger partial charge is 0.225 e. The first-order valence-electron chi connectivity index (χ1n) is 8.14. The highest BCUT2D eigenvalue weighted by Crippen LogP contribution is 2.30. The maximum absolute atomic E-state index is 12.9. The van der Waals surface area contributed by atoms with Crippen molar-refractivity contribution in [3.05, 3.63) is 52.3 Å². The first kappa shape index (κ1) is 17.2. The van der Waals surface area contributed by atoms with Crippen molar-refractivity contribution in [2.24, 2.45) is 13.0 Å². The number of carbonyl (C=O) groups excluding carboxylic acids is 1. The molecule has 1 aromatic carbocycles. The maximum Gasteiger partial charge on any atom is 0.225 e. The second-order valence-electron chi connectivity index (χ2n) is 6.94. The van der Waals surface area contributed by atoms with Crippen LogP contribution in [-0.4, -0.2) is 28.8 Å². The molecule has 2 N–H and O–H groups in total. The van der Waals surface area contributed by atoms with Crippen LogP contribution < -0.4 is 10.6 Å². The maximum atomic E-state index is 12.9. The van der Waals surface area contributed by atoms with Crippen molar-refractivity contribution in [1.82, 2.24) is 20.4 Å². The summed E-state index contributed by atoms with van der Waals surface area (Å²) < 4.78 is 2.82. The second-order valence-corrected chi connectivity index (χ2v) is 7.86. The number of aromatic nitrogens is 2. The van der Waals surface area contributed by atoms with Crippen molar-refractivity contribution in [2.45, 2.75) is 25.3 Å². The van der Waals surface area contributed by atoms with E-state index in [0.29, 0.717) is 6.54 Å². The van der Waals surface area contributed by atoms with E-state index in [1.165, 1.54) is 0 Å². The van der Waals surface area contributed by atoms with Gasteiger partial charge in [0.1, 0.15) is 0 Å². The topological polar surface area (TPSA) is 59.0 Å². The molecule has 3 rings (SSSR count). The third-order valence-electron chi connectivity index (χ3n) is 4.71.